The number of Topliss-reactive ketones (excluding diaryl/α,β-unsaturated/α-hetero) is 3. The lowest BCUT2D eigenvalue weighted by molar-refractivity contribution is -0.140. The van der Waals surface area contributed by atoms with Crippen molar-refractivity contribution in [3.63, 3.8) is 0 Å². The van der Waals surface area contributed by atoms with Gasteiger partial charge in [0.25, 0.3) is 0 Å². The Labute approximate surface area is 179 Å². The maximum atomic E-state index is 13.0. The fourth-order valence-electron chi connectivity index (χ4n) is 4.63. The van der Waals surface area contributed by atoms with Gasteiger partial charge in [-0.25, -0.2) is 0 Å². The predicted octanol–water partition coefficient (Wildman–Crippen LogP) is 5.15. The van der Waals surface area contributed by atoms with Crippen LogP contribution < -0.4 is 0 Å². The Balaban J connectivity index is 2.14. The maximum Gasteiger partial charge on any atom is 0.163 e. The molecule has 0 spiro atoms. The van der Waals surface area contributed by atoms with Gasteiger partial charge in [-0.05, 0) is 51.1 Å². The molecule has 28 heavy (non-hydrogen) atoms. The van der Waals surface area contributed by atoms with Crippen LogP contribution in [0.4, 0.5) is 0 Å². The first kappa shape index (κ1) is 21.2. The number of ketones is 3. The molecule has 1 aromatic rings. The van der Waals surface area contributed by atoms with Crippen LogP contribution in [-0.2, 0) is 14.4 Å². The average molecular weight is 494 g/mol. The van der Waals surface area contributed by atoms with E-state index in [4.69, 9.17) is 0 Å². The fourth-order valence-corrected chi connectivity index (χ4v) is 4.99. The third-order valence-corrected chi connectivity index (χ3v) is 6.49. The number of aliphatic hydroxyl groups is 1. The lowest BCUT2D eigenvalue weighted by Crippen LogP contribution is -2.43. The third-order valence-electron chi connectivity index (χ3n) is 5.77. The zero-order chi connectivity index (χ0) is 20.9. The highest BCUT2D eigenvalue weighted by molar-refractivity contribution is 14.1. The molecule has 0 aliphatic heterocycles. The Kier molecular flexibility index (Phi) is 5.60. The first-order valence-corrected chi connectivity index (χ1v) is 10.7. The number of carbonyl (C=O) groups is 3. The standard InChI is InChI=1S/C23H27IO4/c1-22(2)9-15(25)20(16(26)10-22)19(13-5-7-14(24)8-6-13)21-17(27)11-23(3,4)12-18(21)28/h5-8,19-20,27H,9-12H2,1-4H3. The second kappa shape index (κ2) is 7.39. The van der Waals surface area contributed by atoms with Crippen molar-refractivity contribution in [2.24, 2.45) is 16.7 Å². The lowest BCUT2D eigenvalue weighted by Gasteiger charge is -2.39. The molecule has 0 aromatic heterocycles. The molecule has 0 amide bonds. The van der Waals surface area contributed by atoms with Crippen molar-refractivity contribution < 1.29 is 19.5 Å². The third kappa shape index (κ3) is 4.24. The highest BCUT2D eigenvalue weighted by atomic mass is 127. The van der Waals surface area contributed by atoms with Crippen LogP contribution in [0.3, 0.4) is 0 Å². The Morgan fingerprint density at radius 1 is 0.893 bits per heavy atom. The van der Waals surface area contributed by atoms with E-state index in [9.17, 15) is 19.5 Å². The summed E-state index contributed by atoms with van der Waals surface area (Å²) in [7, 11) is 0. The lowest BCUT2D eigenvalue weighted by atomic mass is 9.62. The van der Waals surface area contributed by atoms with Gasteiger partial charge >= 0.3 is 0 Å². The number of carbonyl (C=O) groups excluding carboxylic acids is 3. The quantitative estimate of drug-likeness (QED) is 0.466. The molecule has 1 atom stereocenters. The van der Waals surface area contributed by atoms with Gasteiger partial charge in [0, 0.05) is 40.7 Å². The monoisotopic (exact) mass is 494 g/mol. The minimum atomic E-state index is -0.907. The van der Waals surface area contributed by atoms with Gasteiger partial charge in [-0.15, -0.1) is 0 Å². The minimum Gasteiger partial charge on any atom is -0.512 e. The number of allylic oxidation sites excluding steroid dienone is 2. The van der Waals surface area contributed by atoms with Crippen molar-refractivity contribution in [3.05, 3.63) is 44.7 Å². The normalized spacial score (nSPS) is 23.8. The molecule has 1 unspecified atom stereocenters. The SMILES string of the molecule is CC1(C)CC(=O)C(C(C2=C(O)CC(C)(C)CC2=O)c2ccc(I)cc2)C(=O)C1. The number of rotatable bonds is 3. The topological polar surface area (TPSA) is 71.4 Å². The van der Waals surface area contributed by atoms with Crippen LogP contribution in [0.5, 0.6) is 0 Å². The summed E-state index contributed by atoms with van der Waals surface area (Å²) in [5.41, 5.74) is 0.300. The first-order valence-electron chi connectivity index (χ1n) is 9.66. The summed E-state index contributed by atoms with van der Waals surface area (Å²) in [6.45, 7) is 7.72. The van der Waals surface area contributed by atoms with Crippen LogP contribution in [-0.4, -0.2) is 22.5 Å². The molecule has 2 aliphatic rings. The Hall–Kier alpha value is -1.50. The molecule has 3 rings (SSSR count). The van der Waals surface area contributed by atoms with Gasteiger partial charge in [0.2, 0.25) is 0 Å². The highest BCUT2D eigenvalue weighted by Gasteiger charge is 2.48. The molecule has 0 radical (unpaired) electrons. The molecule has 5 heteroatoms. The van der Waals surface area contributed by atoms with Crippen molar-refractivity contribution in [2.45, 2.75) is 59.3 Å². The number of benzene rings is 1. The molecule has 1 aromatic carbocycles. The molecule has 0 bridgehead atoms. The van der Waals surface area contributed by atoms with E-state index in [1.165, 1.54) is 0 Å². The molecule has 1 N–H and O–H groups in total. The van der Waals surface area contributed by atoms with Crippen molar-refractivity contribution in [3.8, 4) is 0 Å². The van der Waals surface area contributed by atoms with Crippen LogP contribution >= 0.6 is 22.6 Å². The number of hydrogen-bond acceptors (Lipinski definition) is 4. The van der Waals surface area contributed by atoms with E-state index in [-0.39, 0.29) is 39.5 Å². The fraction of sp³-hybridized carbons (Fsp3) is 0.522. The van der Waals surface area contributed by atoms with Gasteiger partial charge in [0.15, 0.2) is 5.78 Å². The summed E-state index contributed by atoms with van der Waals surface area (Å²) in [6.07, 6.45) is 1.28. The van der Waals surface area contributed by atoms with E-state index in [1.807, 2.05) is 52.0 Å². The zero-order valence-electron chi connectivity index (χ0n) is 16.8. The second-order valence-corrected chi connectivity index (χ2v) is 11.0. The molecule has 1 fully saturated rings. The molecule has 0 saturated heterocycles. The molecule has 1 saturated carbocycles. The molecule has 4 nitrogen and oxygen atoms in total. The van der Waals surface area contributed by atoms with Crippen LogP contribution in [0.15, 0.2) is 35.6 Å². The predicted molar refractivity (Wildman–Crippen MR) is 116 cm³/mol. The summed E-state index contributed by atoms with van der Waals surface area (Å²) in [5.74, 6) is -2.03. The number of hydrogen-bond donors (Lipinski definition) is 1. The van der Waals surface area contributed by atoms with E-state index < -0.39 is 11.8 Å². The van der Waals surface area contributed by atoms with Gasteiger partial charge in [-0.1, -0.05) is 39.8 Å². The Morgan fingerprint density at radius 3 is 1.89 bits per heavy atom. The summed E-state index contributed by atoms with van der Waals surface area (Å²) in [6, 6.07) is 7.53. The Bertz CT molecular complexity index is 841. The Morgan fingerprint density at radius 2 is 1.39 bits per heavy atom. The summed E-state index contributed by atoms with van der Waals surface area (Å²) in [4.78, 5) is 39.1. The van der Waals surface area contributed by atoms with Crippen molar-refractivity contribution in [2.75, 3.05) is 0 Å². The van der Waals surface area contributed by atoms with Gasteiger partial charge in [0.1, 0.15) is 17.3 Å². The summed E-state index contributed by atoms with van der Waals surface area (Å²) in [5, 5.41) is 10.8. The van der Waals surface area contributed by atoms with Gasteiger partial charge < -0.3 is 5.11 Å². The molecule has 150 valence electrons. The highest BCUT2D eigenvalue weighted by Crippen LogP contribution is 2.47. The second-order valence-electron chi connectivity index (χ2n) is 9.76. The smallest absolute Gasteiger partial charge is 0.163 e. The molecular formula is C23H27IO4. The van der Waals surface area contributed by atoms with Crippen molar-refractivity contribution >= 4 is 39.9 Å². The number of halogens is 1. The van der Waals surface area contributed by atoms with Gasteiger partial charge in [-0.2, -0.15) is 0 Å². The first-order chi connectivity index (χ1) is 12.9. The van der Waals surface area contributed by atoms with Crippen LogP contribution in [0, 0.1) is 20.3 Å². The van der Waals surface area contributed by atoms with Crippen molar-refractivity contribution in [1.82, 2.24) is 0 Å². The van der Waals surface area contributed by atoms with Crippen molar-refractivity contribution in [1.29, 1.82) is 0 Å². The molecular weight excluding hydrogens is 467 g/mol. The van der Waals surface area contributed by atoms with Gasteiger partial charge in [-0.3, -0.25) is 14.4 Å². The van der Waals surface area contributed by atoms with Crippen LogP contribution in [0.1, 0.15) is 64.9 Å². The van der Waals surface area contributed by atoms with E-state index in [1.54, 1.807) is 0 Å². The summed E-state index contributed by atoms with van der Waals surface area (Å²) < 4.78 is 1.02. The molecule has 0 heterocycles. The zero-order valence-corrected chi connectivity index (χ0v) is 19.0. The maximum absolute atomic E-state index is 13.0. The van der Waals surface area contributed by atoms with E-state index in [2.05, 4.69) is 22.6 Å². The van der Waals surface area contributed by atoms with E-state index in [0.717, 1.165) is 9.13 Å². The van der Waals surface area contributed by atoms with Gasteiger partial charge in [0.05, 0.1) is 5.92 Å². The van der Waals surface area contributed by atoms with E-state index >= 15 is 0 Å². The van der Waals surface area contributed by atoms with Crippen LogP contribution in [0.25, 0.3) is 0 Å². The molecule has 2 aliphatic carbocycles. The van der Waals surface area contributed by atoms with Crippen LogP contribution in [0.2, 0.25) is 0 Å². The number of aliphatic hydroxyl groups excluding tert-OH is 1. The minimum absolute atomic E-state index is 0.0234. The average Bonchev–Trinajstić information content (AvgIpc) is 2.50. The van der Waals surface area contributed by atoms with E-state index in [0.29, 0.717) is 25.7 Å². The summed E-state index contributed by atoms with van der Waals surface area (Å²) >= 11 is 2.19. The largest absolute Gasteiger partial charge is 0.512 e.